The van der Waals surface area contributed by atoms with Gasteiger partial charge in [-0.25, -0.2) is 0 Å². The Hall–Kier alpha value is -2.58. The highest BCUT2D eigenvalue weighted by Crippen LogP contribution is 2.23. The Morgan fingerprint density at radius 3 is 2.43 bits per heavy atom. The Labute approximate surface area is 185 Å². The summed E-state index contributed by atoms with van der Waals surface area (Å²) in [6.45, 7) is 4.76. The maximum Gasteiger partial charge on any atom is 0.276 e. The van der Waals surface area contributed by atoms with Gasteiger partial charge in [0.1, 0.15) is 18.1 Å². The molecule has 0 radical (unpaired) electrons. The Balaban J connectivity index is 1.85. The van der Waals surface area contributed by atoms with Crippen molar-refractivity contribution in [3.8, 4) is 11.5 Å². The lowest BCUT2D eigenvalue weighted by atomic mass is 9.99. The Morgan fingerprint density at radius 1 is 1.03 bits per heavy atom. The van der Waals surface area contributed by atoms with E-state index in [1.165, 1.54) is 5.56 Å². The molecule has 0 saturated heterocycles. The van der Waals surface area contributed by atoms with Gasteiger partial charge in [0.25, 0.3) is 11.8 Å². The minimum absolute atomic E-state index is 0.224. The van der Waals surface area contributed by atoms with Gasteiger partial charge in [-0.1, -0.05) is 41.9 Å². The molecule has 0 spiro atoms. The number of rotatable bonds is 10. The predicted molar refractivity (Wildman–Crippen MR) is 118 cm³/mol. The summed E-state index contributed by atoms with van der Waals surface area (Å²) in [6.07, 6.45) is 1.05. The topological polar surface area (TPSA) is 85.9 Å². The zero-order valence-electron chi connectivity index (χ0n) is 17.4. The predicted octanol–water partition coefficient (Wildman–Crippen LogP) is 3.83. The lowest BCUT2D eigenvalue weighted by Gasteiger charge is -2.13. The van der Waals surface area contributed by atoms with Crippen LogP contribution in [0.1, 0.15) is 42.1 Å². The number of carbonyl (C=O) groups is 2. The number of halogens is 1. The van der Waals surface area contributed by atoms with Gasteiger partial charge >= 0.3 is 0 Å². The number of nitrogens with one attached hydrogen (secondary N) is 2. The first-order valence-corrected chi connectivity index (χ1v) is 10.5. The van der Waals surface area contributed by atoms with Crippen molar-refractivity contribution in [2.24, 2.45) is 0 Å². The summed E-state index contributed by atoms with van der Waals surface area (Å²) in [7, 11) is 1.57. The molecule has 162 valence electrons. The number of hydrogen-bond donors (Lipinski definition) is 2. The van der Waals surface area contributed by atoms with Crippen molar-refractivity contribution in [3.05, 3.63) is 58.1 Å². The van der Waals surface area contributed by atoms with Crippen molar-refractivity contribution < 1.29 is 23.8 Å². The second-order valence-electron chi connectivity index (χ2n) is 6.65. The first kappa shape index (κ1) is 23.7. The molecule has 0 fully saturated rings. The van der Waals surface area contributed by atoms with E-state index in [0.29, 0.717) is 35.1 Å². The van der Waals surface area contributed by atoms with Gasteiger partial charge in [0.15, 0.2) is 6.61 Å². The van der Waals surface area contributed by atoms with Crippen LogP contribution in [0.25, 0.3) is 0 Å². The Bertz CT molecular complexity index is 842. The van der Waals surface area contributed by atoms with E-state index in [2.05, 4.69) is 40.6 Å². The second-order valence-corrected chi connectivity index (χ2v) is 7.57. The fourth-order valence-electron chi connectivity index (χ4n) is 2.55. The number of benzene rings is 2. The van der Waals surface area contributed by atoms with Crippen LogP contribution in [0.15, 0.2) is 46.9 Å². The highest BCUT2D eigenvalue weighted by Gasteiger charge is 2.14. The first-order chi connectivity index (χ1) is 14.4. The highest BCUT2D eigenvalue weighted by atomic mass is 79.9. The average molecular weight is 479 g/mol. The molecule has 30 heavy (non-hydrogen) atoms. The zero-order valence-corrected chi connectivity index (χ0v) is 19.0. The van der Waals surface area contributed by atoms with Crippen molar-refractivity contribution in [1.82, 2.24) is 10.9 Å². The van der Waals surface area contributed by atoms with Gasteiger partial charge in [0, 0.05) is 11.6 Å². The fraction of sp³-hybridized carbons (Fsp3) is 0.364. The number of carbonyl (C=O) groups excluding carboxylic acids is 2. The maximum atomic E-state index is 12.5. The van der Waals surface area contributed by atoms with Gasteiger partial charge in [-0.05, 0) is 48.2 Å². The molecule has 8 heteroatoms. The SMILES string of the molecule is CCC(C)c1ccc(OCC(=O)NNC(=O)c2cc(Br)ccc2OCCOC)cc1. The van der Waals surface area contributed by atoms with Gasteiger partial charge < -0.3 is 14.2 Å². The van der Waals surface area contributed by atoms with Crippen LogP contribution in [0.4, 0.5) is 0 Å². The fourth-order valence-corrected chi connectivity index (χ4v) is 2.91. The molecule has 0 heterocycles. The summed E-state index contributed by atoms with van der Waals surface area (Å²) in [5, 5.41) is 0. The number of amides is 2. The lowest BCUT2D eigenvalue weighted by Crippen LogP contribution is -2.44. The van der Waals surface area contributed by atoms with Crippen molar-refractivity contribution >= 4 is 27.7 Å². The third-order valence-corrected chi connectivity index (χ3v) is 4.97. The van der Waals surface area contributed by atoms with Crippen LogP contribution in [0.2, 0.25) is 0 Å². The molecule has 1 unspecified atom stereocenters. The third kappa shape index (κ3) is 7.35. The van der Waals surface area contributed by atoms with E-state index in [9.17, 15) is 9.59 Å². The first-order valence-electron chi connectivity index (χ1n) is 9.67. The molecule has 2 aromatic carbocycles. The van der Waals surface area contributed by atoms with E-state index in [4.69, 9.17) is 14.2 Å². The van der Waals surface area contributed by atoms with E-state index >= 15 is 0 Å². The average Bonchev–Trinajstić information content (AvgIpc) is 2.76. The quantitative estimate of drug-likeness (QED) is 0.400. The summed E-state index contributed by atoms with van der Waals surface area (Å²) in [5.74, 6) is 0.462. The Kier molecular flexibility index (Phi) is 9.63. The van der Waals surface area contributed by atoms with E-state index in [1.807, 2.05) is 24.3 Å². The van der Waals surface area contributed by atoms with Gasteiger partial charge in [-0.2, -0.15) is 0 Å². The van der Waals surface area contributed by atoms with E-state index < -0.39 is 11.8 Å². The smallest absolute Gasteiger partial charge is 0.276 e. The van der Waals surface area contributed by atoms with Crippen LogP contribution in [-0.4, -0.2) is 38.7 Å². The number of hydrazine groups is 1. The molecule has 1 atom stereocenters. The minimum atomic E-state index is -0.505. The van der Waals surface area contributed by atoms with Crippen molar-refractivity contribution in [1.29, 1.82) is 0 Å². The molecule has 2 N–H and O–H groups in total. The lowest BCUT2D eigenvalue weighted by molar-refractivity contribution is -0.123. The van der Waals surface area contributed by atoms with Crippen molar-refractivity contribution in [2.45, 2.75) is 26.2 Å². The van der Waals surface area contributed by atoms with Crippen molar-refractivity contribution in [3.63, 3.8) is 0 Å². The molecule has 0 bridgehead atoms. The highest BCUT2D eigenvalue weighted by molar-refractivity contribution is 9.10. The summed E-state index contributed by atoms with van der Waals surface area (Å²) in [5.41, 5.74) is 6.22. The van der Waals surface area contributed by atoms with E-state index in [-0.39, 0.29) is 12.2 Å². The normalized spacial score (nSPS) is 11.5. The van der Waals surface area contributed by atoms with Gasteiger partial charge in [-0.3, -0.25) is 20.4 Å². The van der Waals surface area contributed by atoms with Gasteiger partial charge in [0.05, 0.1) is 12.2 Å². The summed E-state index contributed by atoms with van der Waals surface area (Å²) >= 11 is 3.33. The van der Waals surface area contributed by atoms with Crippen LogP contribution in [-0.2, 0) is 9.53 Å². The summed E-state index contributed by atoms with van der Waals surface area (Å²) in [6, 6.07) is 12.7. The molecular formula is C22H27BrN2O5. The van der Waals surface area contributed by atoms with Crippen LogP contribution in [0.3, 0.4) is 0 Å². The van der Waals surface area contributed by atoms with Crippen LogP contribution < -0.4 is 20.3 Å². The van der Waals surface area contributed by atoms with Gasteiger partial charge in [-0.15, -0.1) is 0 Å². The third-order valence-electron chi connectivity index (χ3n) is 4.48. The molecule has 2 rings (SSSR count). The molecule has 2 amide bonds. The largest absolute Gasteiger partial charge is 0.490 e. The monoisotopic (exact) mass is 478 g/mol. The van der Waals surface area contributed by atoms with Crippen LogP contribution >= 0.6 is 15.9 Å². The Morgan fingerprint density at radius 2 is 1.77 bits per heavy atom. The molecule has 7 nitrogen and oxygen atoms in total. The zero-order chi connectivity index (χ0) is 21.9. The molecule has 0 saturated carbocycles. The standard InChI is InChI=1S/C22H27BrN2O5/c1-4-15(2)16-5-8-18(9-6-16)30-14-21(26)24-25-22(27)19-13-17(23)7-10-20(19)29-12-11-28-3/h5-10,13,15H,4,11-12,14H2,1-3H3,(H,24,26)(H,25,27). The maximum absolute atomic E-state index is 12.5. The molecule has 2 aromatic rings. The molecule has 0 aliphatic carbocycles. The van der Waals surface area contributed by atoms with E-state index in [1.54, 1.807) is 25.3 Å². The molecule has 0 aliphatic rings. The molecular weight excluding hydrogens is 452 g/mol. The minimum Gasteiger partial charge on any atom is -0.490 e. The summed E-state index contributed by atoms with van der Waals surface area (Å²) in [4.78, 5) is 24.5. The van der Waals surface area contributed by atoms with Crippen molar-refractivity contribution in [2.75, 3.05) is 26.9 Å². The van der Waals surface area contributed by atoms with Crippen LogP contribution in [0.5, 0.6) is 11.5 Å². The molecule has 0 aliphatic heterocycles. The van der Waals surface area contributed by atoms with Crippen LogP contribution in [0, 0.1) is 0 Å². The second kappa shape index (κ2) is 12.2. The summed E-state index contributed by atoms with van der Waals surface area (Å²) < 4.78 is 16.7. The van der Waals surface area contributed by atoms with E-state index in [0.717, 1.165) is 6.42 Å². The number of ether oxygens (including phenoxy) is 3. The number of hydrogen-bond acceptors (Lipinski definition) is 5. The van der Waals surface area contributed by atoms with Gasteiger partial charge in [0.2, 0.25) is 0 Å². The number of methoxy groups -OCH3 is 1. The molecule has 0 aromatic heterocycles.